The first-order valence-corrected chi connectivity index (χ1v) is 3.94. The van der Waals surface area contributed by atoms with Crippen molar-refractivity contribution < 1.29 is 9.53 Å². The van der Waals surface area contributed by atoms with Crippen LogP contribution in [0.1, 0.15) is 27.2 Å². The first kappa shape index (κ1) is 8.31. The fourth-order valence-corrected chi connectivity index (χ4v) is 1.32. The van der Waals surface area contributed by atoms with E-state index in [1.807, 2.05) is 20.8 Å². The standard InChI is InChI=1S/C9H14O2/c1-6(2)4-8-5-9(10)11-7(8)3/h4,7-8H,5H2,1-3H3. The minimum Gasteiger partial charge on any atom is -0.462 e. The highest BCUT2D eigenvalue weighted by Crippen LogP contribution is 2.23. The summed E-state index contributed by atoms with van der Waals surface area (Å²) in [4.78, 5) is 10.8. The monoisotopic (exact) mass is 154 g/mol. The van der Waals surface area contributed by atoms with E-state index in [4.69, 9.17) is 4.74 Å². The molecule has 0 amide bonds. The SMILES string of the molecule is CC(C)=CC1CC(=O)OC1C. The Balaban J connectivity index is 2.60. The number of carbonyl (C=O) groups excluding carboxylic acids is 1. The van der Waals surface area contributed by atoms with Crippen molar-refractivity contribution in [2.75, 3.05) is 0 Å². The molecular formula is C9H14O2. The van der Waals surface area contributed by atoms with Crippen molar-refractivity contribution in [3.05, 3.63) is 11.6 Å². The molecule has 0 aromatic rings. The number of hydrogen-bond acceptors (Lipinski definition) is 2. The molecule has 2 atom stereocenters. The lowest BCUT2D eigenvalue weighted by atomic mass is 10.0. The van der Waals surface area contributed by atoms with E-state index in [0.717, 1.165) is 0 Å². The van der Waals surface area contributed by atoms with Crippen LogP contribution in [0, 0.1) is 5.92 Å². The summed E-state index contributed by atoms with van der Waals surface area (Å²) in [6.07, 6.45) is 2.72. The van der Waals surface area contributed by atoms with Crippen LogP contribution in [0.3, 0.4) is 0 Å². The van der Waals surface area contributed by atoms with Crippen LogP contribution in [0.25, 0.3) is 0 Å². The van der Waals surface area contributed by atoms with E-state index in [0.29, 0.717) is 12.3 Å². The number of rotatable bonds is 1. The third-order valence-corrected chi connectivity index (χ3v) is 1.87. The molecule has 1 rings (SSSR count). The van der Waals surface area contributed by atoms with Gasteiger partial charge in [-0.25, -0.2) is 0 Å². The molecular weight excluding hydrogens is 140 g/mol. The van der Waals surface area contributed by atoms with Gasteiger partial charge in [0.2, 0.25) is 0 Å². The highest BCUT2D eigenvalue weighted by atomic mass is 16.5. The first-order valence-electron chi connectivity index (χ1n) is 3.94. The summed E-state index contributed by atoms with van der Waals surface area (Å²) in [6, 6.07) is 0. The number of esters is 1. The van der Waals surface area contributed by atoms with Crippen LogP contribution >= 0.6 is 0 Å². The van der Waals surface area contributed by atoms with E-state index in [1.54, 1.807) is 0 Å². The summed E-state index contributed by atoms with van der Waals surface area (Å²) in [5.41, 5.74) is 1.25. The third-order valence-electron chi connectivity index (χ3n) is 1.87. The van der Waals surface area contributed by atoms with Gasteiger partial charge < -0.3 is 4.74 Å². The van der Waals surface area contributed by atoms with Gasteiger partial charge in [0, 0.05) is 5.92 Å². The lowest BCUT2D eigenvalue weighted by Crippen LogP contribution is -2.08. The van der Waals surface area contributed by atoms with Crippen molar-refractivity contribution in [1.82, 2.24) is 0 Å². The van der Waals surface area contributed by atoms with E-state index in [2.05, 4.69) is 6.08 Å². The molecule has 0 radical (unpaired) electrons. The highest BCUT2D eigenvalue weighted by Gasteiger charge is 2.29. The third kappa shape index (κ3) is 2.07. The molecule has 1 saturated heterocycles. The predicted molar refractivity (Wildman–Crippen MR) is 43.1 cm³/mol. The molecule has 1 heterocycles. The lowest BCUT2D eigenvalue weighted by molar-refractivity contribution is -0.140. The van der Waals surface area contributed by atoms with Crippen molar-refractivity contribution >= 4 is 5.97 Å². The second kappa shape index (κ2) is 3.07. The lowest BCUT2D eigenvalue weighted by Gasteiger charge is -2.07. The summed E-state index contributed by atoms with van der Waals surface area (Å²) in [6.45, 7) is 6.01. The predicted octanol–water partition coefficient (Wildman–Crippen LogP) is 1.90. The van der Waals surface area contributed by atoms with Crippen LogP contribution in [0.4, 0.5) is 0 Å². The van der Waals surface area contributed by atoms with E-state index < -0.39 is 0 Å². The van der Waals surface area contributed by atoms with E-state index in [9.17, 15) is 4.79 Å². The molecule has 11 heavy (non-hydrogen) atoms. The summed E-state index contributed by atoms with van der Waals surface area (Å²) < 4.78 is 4.99. The van der Waals surface area contributed by atoms with Crippen molar-refractivity contribution in [2.24, 2.45) is 5.92 Å². The average molecular weight is 154 g/mol. The molecule has 62 valence electrons. The second-order valence-corrected chi connectivity index (χ2v) is 3.31. The fourth-order valence-electron chi connectivity index (χ4n) is 1.32. The normalized spacial score (nSPS) is 29.9. The minimum absolute atomic E-state index is 0.0670. The summed E-state index contributed by atoms with van der Waals surface area (Å²) >= 11 is 0. The Kier molecular flexibility index (Phi) is 2.32. The molecule has 0 saturated carbocycles. The minimum atomic E-state index is -0.0694. The smallest absolute Gasteiger partial charge is 0.306 e. The van der Waals surface area contributed by atoms with Gasteiger partial charge in [-0.3, -0.25) is 4.79 Å². The molecule has 0 N–H and O–H groups in total. The molecule has 2 unspecified atom stereocenters. The van der Waals surface area contributed by atoms with Crippen molar-refractivity contribution in [3.63, 3.8) is 0 Å². The van der Waals surface area contributed by atoms with Gasteiger partial charge in [0.1, 0.15) is 6.10 Å². The van der Waals surface area contributed by atoms with Gasteiger partial charge in [-0.2, -0.15) is 0 Å². The molecule has 1 aliphatic heterocycles. The van der Waals surface area contributed by atoms with Crippen molar-refractivity contribution in [3.8, 4) is 0 Å². The van der Waals surface area contributed by atoms with Gasteiger partial charge in [0.05, 0.1) is 6.42 Å². The maximum atomic E-state index is 10.8. The molecule has 2 heteroatoms. The molecule has 0 bridgehead atoms. The van der Waals surface area contributed by atoms with Crippen LogP contribution < -0.4 is 0 Å². The number of ether oxygens (including phenoxy) is 1. The molecule has 0 aliphatic carbocycles. The van der Waals surface area contributed by atoms with E-state index >= 15 is 0 Å². The van der Waals surface area contributed by atoms with Crippen LogP contribution in [-0.4, -0.2) is 12.1 Å². The molecule has 1 aliphatic rings. The molecule has 2 nitrogen and oxygen atoms in total. The topological polar surface area (TPSA) is 26.3 Å². The summed E-state index contributed by atoms with van der Waals surface area (Å²) in [5.74, 6) is 0.229. The zero-order valence-corrected chi connectivity index (χ0v) is 7.26. The van der Waals surface area contributed by atoms with E-state index in [-0.39, 0.29) is 12.1 Å². The molecule has 0 spiro atoms. The van der Waals surface area contributed by atoms with E-state index in [1.165, 1.54) is 5.57 Å². The zero-order valence-electron chi connectivity index (χ0n) is 7.26. The Hall–Kier alpha value is -0.790. The Morgan fingerprint density at radius 3 is 2.64 bits per heavy atom. The Bertz CT molecular complexity index is 190. The quantitative estimate of drug-likeness (QED) is 0.426. The van der Waals surface area contributed by atoms with Gasteiger partial charge in [0.15, 0.2) is 0 Å². The Morgan fingerprint density at radius 1 is 1.64 bits per heavy atom. The van der Waals surface area contributed by atoms with Crippen LogP contribution in [-0.2, 0) is 9.53 Å². The van der Waals surface area contributed by atoms with Gasteiger partial charge in [-0.15, -0.1) is 0 Å². The van der Waals surface area contributed by atoms with Crippen LogP contribution in [0.5, 0.6) is 0 Å². The summed E-state index contributed by atoms with van der Waals surface area (Å²) in [7, 11) is 0. The largest absolute Gasteiger partial charge is 0.462 e. The van der Waals surface area contributed by atoms with Gasteiger partial charge in [-0.05, 0) is 20.8 Å². The molecule has 1 fully saturated rings. The van der Waals surface area contributed by atoms with Crippen molar-refractivity contribution in [1.29, 1.82) is 0 Å². The molecule has 0 aromatic heterocycles. The maximum Gasteiger partial charge on any atom is 0.306 e. The first-order chi connectivity index (χ1) is 5.09. The fraction of sp³-hybridized carbons (Fsp3) is 0.667. The van der Waals surface area contributed by atoms with Gasteiger partial charge >= 0.3 is 5.97 Å². The van der Waals surface area contributed by atoms with Crippen LogP contribution in [0.2, 0.25) is 0 Å². The zero-order chi connectivity index (χ0) is 8.43. The van der Waals surface area contributed by atoms with Gasteiger partial charge in [-0.1, -0.05) is 11.6 Å². The number of carbonyl (C=O) groups is 1. The van der Waals surface area contributed by atoms with Gasteiger partial charge in [0.25, 0.3) is 0 Å². The van der Waals surface area contributed by atoms with Crippen molar-refractivity contribution in [2.45, 2.75) is 33.3 Å². The Labute approximate surface area is 67.2 Å². The Morgan fingerprint density at radius 2 is 2.27 bits per heavy atom. The second-order valence-electron chi connectivity index (χ2n) is 3.31. The highest BCUT2D eigenvalue weighted by molar-refractivity contribution is 5.72. The summed E-state index contributed by atoms with van der Waals surface area (Å²) in [5, 5.41) is 0. The molecule has 0 aromatic carbocycles. The van der Waals surface area contributed by atoms with Crippen LogP contribution in [0.15, 0.2) is 11.6 Å². The maximum absolute atomic E-state index is 10.8. The average Bonchev–Trinajstić information content (AvgIpc) is 2.09. The number of cyclic esters (lactones) is 1. The number of hydrogen-bond donors (Lipinski definition) is 0. The number of allylic oxidation sites excluding steroid dienone is 1.